The average molecular weight is 360 g/mol. The van der Waals surface area contributed by atoms with E-state index >= 15 is 0 Å². The molecule has 0 bridgehead atoms. The molecule has 0 aliphatic carbocycles. The van der Waals surface area contributed by atoms with Gasteiger partial charge in [-0.1, -0.05) is 72.8 Å². The van der Waals surface area contributed by atoms with Crippen molar-refractivity contribution >= 4 is 5.69 Å². The zero-order chi connectivity index (χ0) is 18.9. The summed E-state index contributed by atoms with van der Waals surface area (Å²) in [5.41, 5.74) is 3.86. The number of non-ortho nitro benzene ring substituents is 1. The largest absolute Gasteiger partial charge is 0.295 e. The molecule has 3 aromatic rings. The number of nitro groups is 1. The van der Waals surface area contributed by atoms with Gasteiger partial charge in [-0.3, -0.25) is 15.0 Å². The predicted molar refractivity (Wildman–Crippen MR) is 108 cm³/mol. The van der Waals surface area contributed by atoms with Crippen LogP contribution in [0.25, 0.3) is 0 Å². The van der Waals surface area contributed by atoms with Crippen LogP contribution >= 0.6 is 0 Å². The van der Waals surface area contributed by atoms with Crippen LogP contribution in [-0.2, 0) is 19.5 Å². The number of nitrogens with zero attached hydrogens (tertiary/aromatic N) is 2. The molecule has 3 rings (SSSR count). The number of rotatable bonds is 9. The second-order valence-electron chi connectivity index (χ2n) is 6.71. The molecule has 0 radical (unpaired) electrons. The molecule has 27 heavy (non-hydrogen) atoms. The van der Waals surface area contributed by atoms with E-state index in [0.29, 0.717) is 0 Å². The maximum absolute atomic E-state index is 10.8. The highest BCUT2D eigenvalue weighted by molar-refractivity contribution is 5.32. The van der Waals surface area contributed by atoms with Gasteiger partial charge in [0.05, 0.1) is 4.92 Å². The zero-order valence-corrected chi connectivity index (χ0v) is 15.3. The maximum Gasteiger partial charge on any atom is 0.269 e. The fourth-order valence-electron chi connectivity index (χ4n) is 3.19. The minimum absolute atomic E-state index is 0.137. The molecule has 0 N–H and O–H groups in total. The maximum atomic E-state index is 10.8. The molecule has 0 unspecified atom stereocenters. The lowest BCUT2D eigenvalue weighted by Crippen LogP contribution is -2.24. The summed E-state index contributed by atoms with van der Waals surface area (Å²) in [6, 6.07) is 27.8. The standard InChI is InChI=1S/C23H24N2O2/c26-25(27)23-15-13-22(14-16-23)19-24(18-21-10-5-2-6-11-21)17-7-12-20-8-3-1-4-9-20/h1-6,8-11,13-16H,7,12,17-19H2. The molecule has 0 aliphatic heterocycles. The first kappa shape index (κ1) is 18.8. The first-order valence-corrected chi connectivity index (χ1v) is 9.24. The van der Waals surface area contributed by atoms with Gasteiger partial charge >= 0.3 is 0 Å². The van der Waals surface area contributed by atoms with Gasteiger partial charge in [0, 0.05) is 25.2 Å². The average Bonchev–Trinajstić information content (AvgIpc) is 2.70. The fourth-order valence-corrected chi connectivity index (χ4v) is 3.19. The van der Waals surface area contributed by atoms with Gasteiger partial charge in [-0.2, -0.15) is 0 Å². The first-order valence-electron chi connectivity index (χ1n) is 9.24. The van der Waals surface area contributed by atoms with E-state index in [-0.39, 0.29) is 10.6 Å². The van der Waals surface area contributed by atoms with Gasteiger partial charge in [0.2, 0.25) is 0 Å². The second kappa shape index (κ2) is 9.64. The van der Waals surface area contributed by atoms with E-state index in [1.807, 2.05) is 24.3 Å². The summed E-state index contributed by atoms with van der Waals surface area (Å²) in [5, 5.41) is 10.8. The zero-order valence-electron chi connectivity index (χ0n) is 15.3. The van der Waals surface area contributed by atoms with E-state index in [2.05, 4.69) is 53.4 Å². The highest BCUT2D eigenvalue weighted by Crippen LogP contribution is 2.16. The molecule has 0 heterocycles. The predicted octanol–water partition coefficient (Wildman–Crippen LogP) is 5.23. The molecular formula is C23H24N2O2. The quantitative estimate of drug-likeness (QED) is 0.388. The van der Waals surface area contributed by atoms with Crippen LogP contribution in [0.2, 0.25) is 0 Å². The molecule has 3 aromatic carbocycles. The molecular weight excluding hydrogens is 336 g/mol. The Morgan fingerprint density at radius 1 is 0.704 bits per heavy atom. The molecule has 138 valence electrons. The Morgan fingerprint density at radius 3 is 1.78 bits per heavy atom. The summed E-state index contributed by atoms with van der Waals surface area (Å²) in [7, 11) is 0. The van der Waals surface area contributed by atoms with Gasteiger partial charge in [-0.15, -0.1) is 0 Å². The number of benzene rings is 3. The lowest BCUT2D eigenvalue weighted by Gasteiger charge is -2.22. The molecule has 0 fully saturated rings. The number of hydrogen-bond donors (Lipinski definition) is 0. The van der Waals surface area contributed by atoms with Crippen LogP contribution in [0.3, 0.4) is 0 Å². The minimum Gasteiger partial charge on any atom is -0.295 e. The highest BCUT2D eigenvalue weighted by Gasteiger charge is 2.09. The van der Waals surface area contributed by atoms with Crippen molar-refractivity contribution in [1.82, 2.24) is 4.90 Å². The molecule has 0 saturated carbocycles. The van der Waals surface area contributed by atoms with E-state index < -0.39 is 0 Å². The summed E-state index contributed by atoms with van der Waals surface area (Å²) < 4.78 is 0. The highest BCUT2D eigenvalue weighted by atomic mass is 16.6. The third-order valence-corrected chi connectivity index (χ3v) is 4.58. The van der Waals surface area contributed by atoms with Crippen molar-refractivity contribution in [2.75, 3.05) is 6.54 Å². The summed E-state index contributed by atoms with van der Waals surface area (Å²) in [5.74, 6) is 0. The van der Waals surface area contributed by atoms with Gasteiger partial charge in [0.1, 0.15) is 0 Å². The van der Waals surface area contributed by atoms with Crippen LogP contribution in [0, 0.1) is 10.1 Å². The summed E-state index contributed by atoms with van der Waals surface area (Å²) in [4.78, 5) is 12.9. The lowest BCUT2D eigenvalue weighted by atomic mass is 10.1. The van der Waals surface area contributed by atoms with Gasteiger partial charge < -0.3 is 0 Å². The molecule has 0 aromatic heterocycles. The van der Waals surface area contributed by atoms with E-state index in [9.17, 15) is 10.1 Å². The SMILES string of the molecule is O=[N+]([O-])c1ccc(CN(CCCc2ccccc2)Cc2ccccc2)cc1. The number of hydrogen-bond acceptors (Lipinski definition) is 3. The third-order valence-electron chi connectivity index (χ3n) is 4.58. The van der Waals surface area contributed by atoms with E-state index in [1.165, 1.54) is 11.1 Å². The summed E-state index contributed by atoms with van der Waals surface area (Å²) in [6.45, 7) is 2.62. The van der Waals surface area contributed by atoms with Crippen molar-refractivity contribution in [2.45, 2.75) is 25.9 Å². The minimum atomic E-state index is -0.356. The van der Waals surface area contributed by atoms with Crippen molar-refractivity contribution in [2.24, 2.45) is 0 Å². The molecule has 4 nitrogen and oxygen atoms in total. The van der Waals surface area contributed by atoms with E-state index in [0.717, 1.165) is 38.0 Å². The molecule has 0 saturated heterocycles. The topological polar surface area (TPSA) is 46.4 Å². The van der Waals surface area contributed by atoms with Gasteiger partial charge in [-0.25, -0.2) is 0 Å². The summed E-state index contributed by atoms with van der Waals surface area (Å²) >= 11 is 0. The van der Waals surface area contributed by atoms with Crippen molar-refractivity contribution in [3.05, 3.63) is 112 Å². The molecule has 0 aliphatic rings. The van der Waals surface area contributed by atoms with Gasteiger partial charge in [0.15, 0.2) is 0 Å². The van der Waals surface area contributed by atoms with Crippen molar-refractivity contribution in [3.63, 3.8) is 0 Å². The van der Waals surface area contributed by atoms with Crippen LogP contribution in [0.5, 0.6) is 0 Å². The van der Waals surface area contributed by atoms with Crippen LogP contribution in [0.1, 0.15) is 23.1 Å². The van der Waals surface area contributed by atoms with E-state index in [1.54, 1.807) is 12.1 Å². The van der Waals surface area contributed by atoms with Crippen molar-refractivity contribution in [3.8, 4) is 0 Å². The van der Waals surface area contributed by atoms with Crippen LogP contribution in [-0.4, -0.2) is 16.4 Å². The summed E-state index contributed by atoms with van der Waals surface area (Å²) in [6.07, 6.45) is 2.12. The molecule has 4 heteroatoms. The van der Waals surface area contributed by atoms with Crippen molar-refractivity contribution < 1.29 is 4.92 Å². The normalized spacial score (nSPS) is 10.9. The van der Waals surface area contributed by atoms with E-state index in [4.69, 9.17) is 0 Å². The number of nitro benzene ring substituents is 1. The van der Waals surface area contributed by atoms with Crippen molar-refractivity contribution in [1.29, 1.82) is 0 Å². The number of aryl methyl sites for hydroxylation is 1. The Balaban J connectivity index is 1.64. The first-order chi connectivity index (χ1) is 13.2. The molecule has 0 spiro atoms. The Labute approximate surface area is 160 Å². The van der Waals surface area contributed by atoms with Crippen LogP contribution < -0.4 is 0 Å². The Hall–Kier alpha value is -2.98. The lowest BCUT2D eigenvalue weighted by molar-refractivity contribution is -0.384. The second-order valence-corrected chi connectivity index (χ2v) is 6.71. The monoisotopic (exact) mass is 360 g/mol. The Kier molecular flexibility index (Phi) is 6.72. The molecule has 0 atom stereocenters. The Morgan fingerprint density at radius 2 is 1.22 bits per heavy atom. The van der Waals surface area contributed by atoms with Gasteiger partial charge in [-0.05, 0) is 36.1 Å². The fraction of sp³-hybridized carbons (Fsp3) is 0.217. The smallest absolute Gasteiger partial charge is 0.269 e. The van der Waals surface area contributed by atoms with Gasteiger partial charge in [0.25, 0.3) is 5.69 Å². The van der Waals surface area contributed by atoms with Crippen LogP contribution in [0.15, 0.2) is 84.9 Å². The van der Waals surface area contributed by atoms with Crippen LogP contribution in [0.4, 0.5) is 5.69 Å². The third kappa shape index (κ3) is 6.04. The molecule has 0 amide bonds. The Bertz CT molecular complexity index is 833.